The summed E-state index contributed by atoms with van der Waals surface area (Å²) in [5.41, 5.74) is 5.55. The fraction of sp³-hybridized carbons (Fsp3) is 0.700. The molecule has 1 saturated heterocycles. The lowest BCUT2D eigenvalue weighted by molar-refractivity contribution is 0.175. The zero-order chi connectivity index (χ0) is 12.4. The van der Waals surface area contributed by atoms with Crippen molar-refractivity contribution in [1.82, 2.24) is 15.0 Å². The van der Waals surface area contributed by atoms with E-state index in [0.717, 1.165) is 19.4 Å². The highest BCUT2D eigenvalue weighted by Crippen LogP contribution is 2.26. The summed E-state index contributed by atoms with van der Waals surface area (Å²) in [6.45, 7) is 2.64. The highest BCUT2D eigenvalue weighted by Gasteiger charge is 2.28. The van der Waals surface area contributed by atoms with Crippen LogP contribution >= 0.6 is 11.6 Å². The maximum absolute atomic E-state index is 9.46. The predicted octanol–water partition coefficient (Wildman–Crippen LogP) is 0.847. The van der Waals surface area contributed by atoms with Crippen LogP contribution in [0.2, 0.25) is 5.28 Å². The van der Waals surface area contributed by atoms with Crippen molar-refractivity contribution >= 4 is 23.5 Å². The van der Waals surface area contributed by atoms with Crippen molar-refractivity contribution < 1.29 is 5.11 Å². The molecule has 3 N–H and O–H groups in total. The first-order valence-corrected chi connectivity index (χ1v) is 6.06. The Morgan fingerprint density at radius 3 is 2.94 bits per heavy atom. The molecule has 6 nitrogen and oxygen atoms in total. The molecule has 0 bridgehead atoms. The summed E-state index contributed by atoms with van der Waals surface area (Å²) in [5.74, 6) is 0.633. The van der Waals surface area contributed by atoms with Gasteiger partial charge in [-0.05, 0) is 37.8 Å². The molecule has 2 unspecified atom stereocenters. The Morgan fingerprint density at radius 2 is 2.29 bits per heavy atom. The first-order chi connectivity index (χ1) is 8.06. The van der Waals surface area contributed by atoms with Crippen LogP contribution in [0.4, 0.5) is 11.9 Å². The van der Waals surface area contributed by atoms with E-state index in [1.165, 1.54) is 0 Å². The number of halogens is 1. The first kappa shape index (κ1) is 12.3. The van der Waals surface area contributed by atoms with Crippen LogP contribution in [-0.4, -0.2) is 38.7 Å². The summed E-state index contributed by atoms with van der Waals surface area (Å²) < 4.78 is 0. The number of anilines is 2. The number of rotatable bonds is 3. The Kier molecular flexibility index (Phi) is 3.63. The molecule has 0 saturated carbocycles. The first-order valence-electron chi connectivity index (χ1n) is 5.68. The second kappa shape index (κ2) is 5.01. The summed E-state index contributed by atoms with van der Waals surface area (Å²) in [5, 5.41) is 9.56. The van der Waals surface area contributed by atoms with E-state index >= 15 is 0 Å². The second-order valence-electron chi connectivity index (χ2n) is 4.34. The Hall–Kier alpha value is -1.14. The van der Waals surface area contributed by atoms with Crippen molar-refractivity contribution in [3.63, 3.8) is 0 Å². The lowest BCUT2D eigenvalue weighted by Crippen LogP contribution is -2.33. The normalized spacial score (nSPS) is 21.8. The predicted molar refractivity (Wildman–Crippen MR) is 65.9 cm³/mol. The Morgan fingerprint density at radius 1 is 1.53 bits per heavy atom. The number of hydrogen-bond acceptors (Lipinski definition) is 6. The van der Waals surface area contributed by atoms with E-state index in [1.807, 2.05) is 4.90 Å². The van der Waals surface area contributed by atoms with E-state index in [0.29, 0.717) is 12.4 Å². The van der Waals surface area contributed by atoms with Gasteiger partial charge < -0.3 is 15.7 Å². The van der Waals surface area contributed by atoms with Gasteiger partial charge in [-0.1, -0.05) is 0 Å². The van der Waals surface area contributed by atoms with Gasteiger partial charge in [-0.2, -0.15) is 15.0 Å². The third kappa shape index (κ3) is 2.95. The van der Waals surface area contributed by atoms with Gasteiger partial charge in [-0.15, -0.1) is 0 Å². The molecule has 94 valence electrons. The molecule has 2 atom stereocenters. The average Bonchev–Trinajstić information content (AvgIpc) is 2.63. The molecule has 2 rings (SSSR count). The minimum absolute atomic E-state index is 0.107. The van der Waals surface area contributed by atoms with Crippen LogP contribution < -0.4 is 10.6 Å². The smallest absolute Gasteiger partial charge is 0.231 e. The summed E-state index contributed by atoms with van der Waals surface area (Å²) >= 11 is 5.76. The molecule has 0 aliphatic carbocycles. The third-order valence-electron chi connectivity index (χ3n) is 2.86. The van der Waals surface area contributed by atoms with E-state index in [1.54, 1.807) is 6.92 Å². The summed E-state index contributed by atoms with van der Waals surface area (Å²) in [4.78, 5) is 13.9. The van der Waals surface area contributed by atoms with Gasteiger partial charge >= 0.3 is 0 Å². The van der Waals surface area contributed by atoms with E-state index in [2.05, 4.69) is 15.0 Å². The minimum atomic E-state index is -0.338. The molecular weight excluding hydrogens is 242 g/mol. The molecule has 1 aliphatic heterocycles. The lowest BCUT2D eigenvalue weighted by atomic mass is 10.1. The van der Waals surface area contributed by atoms with E-state index in [-0.39, 0.29) is 23.4 Å². The Bertz CT molecular complexity index is 380. The number of aromatic nitrogens is 3. The summed E-state index contributed by atoms with van der Waals surface area (Å²) in [7, 11) is 0. The van der Waals surface area contributed by atoms with Crippen molar-refractivity contribution in [2.24, 2.45) is 0 Å². The summed E-state index contributed by atoms with van der Waals surface area (Å²) in [6.07, 6.45) is 2.44. The molecule has 1 fully saturated rings. The number of aliphatic hydroxyl groups excluding tert-OH is 1. The van der Waals surface area contributed by atoms with Gasteiger partial charge in [0.2, 0.25) is 17.2 Å². The third-order valence-corrected chi connectivity index (χ3v) is 3.03. The van der Waals surface area contributed by atoms with Gasteiger partial charge in [0.15, 0.2) is 0 Å². The van der Waals surface area contributed by atoms with Crippen LogP contribution in [0, 0.1) is 0 Å². The highest BCUT2D eigenvalue weighted by atomic mass is 35.5. The SMILES string of the molecule is CC(O)CC1CCCN1c1nc(N)nc(Cl)n1. The molecule has 1 aromatic rings. The van der Waals surface area contributed by atoms with Crippen molar-refractivity contribution in [3.8, 4) is 0 Å². The molecule has 0 radical (unpaired) electrons. The van der Waals surface area contributed by atoms with E-state index in [4.69, 9.17) is 17.3 Å². The number of hydrogen-bond donors (Lipinski definition) is 2. The summed E-state index contributed by atoms with van der Waals surface area (Å²) in [6, 6.07) is 0.243. The average molecular weight is 258 g/mol. The standard InChI is InChI=1S/C10H16ClN5O/c1-6(17)5-7-3-2-4-16(7)10-14-8(11)13-9(12)15-10/h6-7,17H,2-5H2,1H3,(H2,12,13,14,15). The van der Waals surface area contributed by atoms with Crippen LogP contribution in [-0.2, 0) is 0 Å². The minimum Gasteiger partial charge on any atom is -0.393 e. The van der Waals surface area contributed by atoms with Gasteiger partial charge in [-0.25, -0.2) is 0 Å². The van der Waals surface area contributed by atoms with Crippen molar-refractivity contribution in [2.45, 2.75) is 38.3 Å². The van der Waals surface area contributed by atoms with Crippen LogP contribution in [0.5, 0.6) is 0 Å². The number of nitrogens with two attached hydrogens (primary N) is 1. The zero-order valence-corrected chi connectivity index (χ0v) is 10.4. The quantitative estimate of drug-likeness (QED) is 0.835. The number of aliphatic hydroxyl groups is 1. The van der Waals surface area contributed by atoms with Crippen LogP contribution in [0.15, 0.2) is 0 Å². The molecule has 0 spiro atoms. The topological polar surface area (TPSA) is 88.2 Å². The fourth-order valence-corrected chi connectivity index (χ4v) is 2.38. The molecule has 2 heterocycles. The monoisotopic (exact) mass is 257 g/mol. The molecule has 1 aromatic heterocycles. The van der Waals surface area contributed by atoms with E-state index in [9.17, 15) is 5.11 Å². The van der Waals surface area contributed by atoms with Crippen LogP contribution in [0.1, 0.15) is 26.2 Å². The highest BCUT2D eigenvalue weighted by molar-refractivity contribution is 6.28. The van der Waals surface area contributed by atoms with Gasteiger partial charge in [0, 0.05) is 12.6 Å². The molecule has 0 amide bonds. The Balaban J connectivity index is 2.19. The van der Waals surface area contributed by atoms with Crippen molar-refractivity contribution in [1.29, 1.82) is 0 Å². The lowest BCUT2D eigenvalue weighted by Gasteiger charge is -2.25. The van der Waals surface area contributed by atoms with E-state index < -0.39 is 0 Å². The molecule has 17 heavy (non-hydrogen) atoms. The molecule has 7 heteroatoms. The maximum atomic E-state index is 9.46. The van der Waals surface area contributed by atoms with Gasteiger partial charge in [0.05, 0.1) is 6.10 Å². The molecule has 0 aromatic carbocycles. The van der Waals surface area contributed by atoms with Crippen molar-refractivity contribution in [2.75, 3.05) is 17.2 Å². The van der Waals surface area contributed by atoms with Crippen LogP contribution in [0.3, 0.4) is 0 Å². The largest absolute Gasteiger partial charge is 0.393 e. The van der Waals surface area contributed by atoms with Crippen molar-refractivity contribution in [3.05, 3.63) is 5.28 Å². The zero-order valence-electron chi connectivity index (χ0n) is 9.67. The maximum Gasteiger partial charge on any atom is 0.231 e. The van der Waals surface area contributed by atoms with Gasteiger partial charge in [0.1, 0.15) is 0 Å². The Labute approximate surface area is 105 Å². The van der Waals surface area contributed by atoms with Gasteiger partial charge in [-0.3, -0.25) is 0 Å². The second-order valence-corrected chi connectivity index (χ2v) is 4.67. The van der Waals surface area contributed by atoms with Crippen LogP contribution in [0.25, 0.3) is 0 Å². The fourth-order valence-electron chi connectivity index (χ4n) is 2.22. The molecular formula is C10H16ClN5O. The number of nitrogens with zero attached hydrogens (tertiary/aromatic N) is 4. The number of nitrogen functional groups attached to an aromatic ring is 1. The van der Waals surface area contributed by atoms with Gasteiger partial charge in [0.25, 0.3) is 0 Å². The molecule has 1 aliphatic rings.